The van der Waals surface area contributed by atoms with Gasteiger partial charge in [0.2, 0.25) is 5.89 Å². The smallest absolute Gasteiger partial charge is 0.322 e. The van der Waals surface area contributed by atoms with Crippen molar-refractivity contribution in [2.45, 2.75) is 6.92 Å². The number of carbonyl (C=O) groups is 1. The van der Waals surface area contributed by atoms with E-state index in [1.165, 1.54) is 0 Å². The molecule has 0 unspecified atom stereocenters. The van der Waals surface area contributed by atoms with Crippen molar-refractivity contribution in [3.63, 3.8) is 0 Å². The highest BCUT2D eigenvalue weighted by Gasteiger charge is 2.13. The van der Waals surface area contributed by atoms with E-state index in [4.69, 9.17) is 4.42 Å². The van der Waals surface area contributed by atoms with Crippen molar-refractivity contribution in [1.29, 1.82) is 0 Å². The summed E-state index contributed by atoms with van der Waals surface area (Å²) >= 11 is 0. The van der Waals surface area contributed by atoms with Gasteiger partial charge in [-0.3, -0.25) is 15.1 Å². The van der Waals surface area contributed by atoms with Crippen LogP contribution < -0.4 is 5.32 Å². The second kappa shape index (κ2) is 5.49. The van der Waals surface area contributed by atoms with Gasteiger partial charge in [-0.05, 0) is 31.2 Å². The maximum absolute atomic E-state index is 12.0. The van der Waals surface area contributed by atoms with Gasteiger partial charge in [0.15, 0.2) is 0 Å². The van der Waals surface area contributed by atoms with Crippen molar-refractivity contribution in [3.05, 3.63) is 54.1 Å². The molecule has 7 nitrogen and oxygen atoms in total. The number of hydrogen-bond acceptors (Lipinski definition) is 6. The van der Waals surface area contributed by atoms with Crippen molar-refractivity contribution >= 4 is 11.9 Å². The molecule has 0 spiro atoms. The van der Waals surface area contributed by atoms with E-state index >= 15 is 0 Å². The third-order valence-electron chi connectivity index (χ3n) is 2.69. The second-order valence-corrected chi connectivity index (χ2v) is 4.27. The Bertz CT molecular complexity index is 770. The maximum atomic E-state index is 12.0. The summed E-state index contributed by atoms with van der Waals surface area (Å²) in [5.41, 5.74) is 1.77. The molecule has 3 rings (SSSR count). The first-order valence-corrected chi connectivity index (χ1v) is 6.21. The Hall–Kier alpha value is -3.09. The minimum atomic E-state index is -0.399. The van der Waals surface area contributed by atoms with Crippen molar-refractivity contribution in [3.8, 4) is 11.5 Å². The van der Waals surface area contributed by atoms with Crippen LogP contribution in [0.25, 0.3) is 11.5 Å². The van der Waals surface area contributed by atoms with Gasteiger partial charge in [-0.15, -0.1) is 5.10 Å². The van der Waals surface area contributed by atoms with Gasteiger partial charge in [0, 0.05) is 23.7 Å². The number of anilines is 1. The van der Waals surface area contributed by atoms with Crippen molar-refractivity contribution in [1.82, 2.24) is 20.2 Å². The van der Waals surface area contributed by atoms with E-state index in [9.17, 15) is 4.79 Å². The first-order valence-electron chi connectivity index (χ1n) is 6.21. The summed E-state index contributed by atoms with van der Waals surface area (Å²) in [6.07, 6.45) is 3.24. The zero-order valence-electron chi connectivity index (χ0n) is 11.1. The fraction of sp³-hybridized carbons (Fsp3) is 0.0714. The molecule has 3 aromatic heterocycles. The van der Waals surface area contributed by atoms with E-state index in [2.05, 4.69) is 25.5 Å². The first kappa shape index (κ1) is 12.9. The molecule has 7 heteroatoms. The summed E-state index contributed by atoms with van der Waals surface area (Å²) in [7, 11) is 0. The Morgan fingerprint density at radius 3 is 2.71 bits per heavy atom. The Morgan fingerprint density at radius 1 is 1.14 bits per heavy atom. The van der Waals surface area contributed by atoms with Crippen molar-refractivity contribution in [2.75, 3.05) is 5.32 Å². The van der Waals surface area contributed by atoms with Crippen LogP contribution in [-0.2, 0) is 0 Å². The lowest BCUT2D eigenvalue weighted by atomic mass is 10.3. The molecule has 21 heavy (non-hydrogen) atoms. The number of hydrogen-bond donors (Lipinski definition) is 1. The van der Waals surface area contributed by atoms with Crippen LogP contribution in [-0.4, -0.2) is 26.1 Å². The fourth-order valence-electron chi connectivity index (χ4n) is 1.72. The van der Waals surface area contributed by atoms with Crippen LogP contribution >= 0.6 is 0 Å². The van der Waals surface area contributed by atoms with Crippen LogP contribution in [0.1, 0.15) is 16.2 Å². The number of amides is 1. The topological polar surface area (TPSA) is 93.8 Å². The SMILES string of the molecule is Cc1cccc(C(=O)Nc2nnc(-c3ccncc3)o2)n1. The molecule has 3 aromatic rings. The Labute approximate surface area is 120 Å². The van der Waals surface area contributed by atoms with Gasteiger partial charge in [-0.2, -0.15) is 0 Å². The van der Waals surface area contributed by atoms with Crippen molar-refractivity contribution < 1.29 is 9.21 Å². The van der Waals surface area contributed by atoms with Crippen molar-refractivity contribution in [2.24, 2.45) is 0 Å². The third-order valence-corrected chi connectivity index (χ3v) is 2.69. The molecule has 0 aromatic carbocycles. The largest absolute Gasteiger partial charge is 0.403 e. The number of aromatic nitrogens is 4. The summed E-state index contributed by atoms with van der Waals surface area (Å²) in [4.78, 5) is 20.0. The van der Waals surface area contributed by atoms with Crippen LogP contribution in [0.4, 0.5) is 6.01 Å². The van der Waals surface area contributed by atoms with E-state index in [0.717, 1.165) is 11.3 Å². The summed E-state index contributed by atoms with van der Waals surface area (Å²) < 4.78 is 5.38. The number of aryl methyl sites for hydroxylation is 1. The molecule has 0 saturated heterocycles. The van der Waals surface area contributed by atoms with Gasteiger partial charge >= 0.3 is 6.01 Å². The van der Waals surface area contributed by atoms with E-state index < -0.39 is 5.91 Å². The van der Waals surface area contributed by atoms with Gasteiger partial charge in [-0.1, -0.05) is 11.2 Å². The number of pyridine rings is 2. The Morgan fingerprint density at radius 2 is 1.95 bits per heavy atom. The van der Waals surface area contributed by atoms with E-state index in [1.807, 2.05) is 13.0 Å². The molecular weight excluding hydrogens is 270 g/mol. The highest BCUT2D eigenvalue weighted by Crippen LogP contribution is 2.18. The molecule has 0 saturated carbocycles. The Kier molecular flexibility index (Phi) is 3.38. The van der Waals surface area contributed by atoms with Crippen LogP contribution in [0, 0.1) is 6.92 Å². The average molecular weight is 281 g/mol. The minimum Gasteiger partial charge on any atom is -0.403 e. The maximum Gasteiger partial charge on any atom is 0.322 e. The normalized spacial score (nSPS) is 10.3. The first-order chi connectivity index (χ1) is 10.2. The molecule has 0 aliphatic carbocycles. The van der Waals surface area contributed by atoms with Crippen LogP contribution in [0.3, 0.4) is 0 Å². The van der Waals surface area contributed by atoms with Gasteiger partial charge in [0.1, 0.15) is 5.69 Å². The predicted molar refractivity (Wildman–Crippen MR) is 74.5 cm³/mol. The number of nitrogens with one attached hydrogen (secondary N) is 1. The zero-order chi connectivity index (χ0) is 14.7. The predicted octanol–water partition coefficient (Wildman–Crippen LogP) is 2.09. The second-order valence-electron chi connectivity index (χ2n) is 4.27. The highest BCUT2D eigenvalue weighted by molar-refractivity contribution is 6.01. The quantitative estimate of drug-likeness (QED) is 0.790. The zero-order valence-corrected chi connectivity index (χ0v) is 11.1. The molecule has 3 heterocycles. The van der Waals surface area contributed by atoms with Gasteiger partial charge in [-0.25, -0.2) is 4.98 Å². The summed E-state index contributed by atoms with van der Waals surface area (Å²) in [5, 5.41) is 10.2. The number of rotatable bonds is 3. The van der Waals surface area contributed by atoms with Gasteiger partial charge in [0.05, 0.1) is 0 Å². The summed E-state index contributed by atoms with van der Waals surface area (Å²) in [6.45, 7) is 1.81. The highest BCUT2D eigenvalue weighted by atomic mass is 16.4. The lowest BCUT2D eigenvalue weighted by molar-refractivity contribution is 0.101. The van der Waals surface area contributed by atoms with Gasteiger partial charge < -0.3 is 4.42 Å². The molecular formula is C14H11N5O2. The number of nitrogens with zero attached hydrogens (tertiary/aromatic N) is 4. The Balaban J connectivity index is 1.77. The van der Waals surface area contributed by atoms with Crippen LogP contribution in [0.5, 0.6) is 0 Å². The van der Waals surface area contributed by atoms with E-state index in [-0.39, 0.29) is 6.01 Å². The molecule has 0 aliphatic rings. The third kappa shape index (κ3) is 2.92. The van der Waals surface area contributed by atoms with Crippen LogP contribution in [0.15, 0.2) is 47.1 Å². The standard InChI is InChI=1S/C14H11N5O2/c1-9-3-2-4-11(16-9)12(20)17-14-19-18-13(21-14)10-5-7-15-8-6-10/h2-8H,1H3,(H,17,19,20). The molecule has 0 bridgehead atoms. The molecule has 104 valence electrons. The summed E-state index contributed by atoms with van der Waals surface area (Å²) in [5.74, 6) is -0.0893. The lowest BCUT2D eigenvalue weighted by Crippen LogP contribution is -2.14. The molecule has 1 N–H and O–H groups in total. The molecule has 1 amide bonds. The van der Waals surface area contributed by atoms with E-state index in [1.54, 1.807) is 36.7 Å². The molecule has 0 aliphatic heterocycles. The van der Waals surface area contributed by atoms with Gasteiger partial charge in [0.25, 0.3) is 5.91 Å². The summed E-state index contributed by atoms with van der Waals surface area (Å²) in [6, 6.07) is 8.68. The molecule has 0 atom stereocenters. The number of carbonyl (C=O) groups excluding carboxylic acids is 1. The molecule has 0 fully saturated rings. The van der Waals surface area contributed by atoms with Crippen LogP contribution in [0.2, 0.25) is 0 Å². The molecule has 0 radical (unpaired) electrons. The minimum absolute atomic E-state index is 0.0233. The van der Waals surface area contributed by atoms with E-state index in [0.29, 0.717) is 11.6 Å². The monoisotopic (exact) mass is 281 g/mol. The average Bonchev–Trinajstić information content (AvgIpc) is 2.97. The lowest BCUT2D eigenvalue weighted by Gasteiger charge is -2.00. The fourth-order valence-corrected chi connectivity index (χ4v) is 1.72.